The smallest absolute Gasteiger partial charge is 0.511 e. The van der Waals surface area contributed by atoms with Crippen molar-refractivity contribution in [1.29, 1.82) is 0 Å². The average Bonchev–Trinajstić information content (AvgIpc) is 2.65. The number of halogens is 1. The van der Waals surface area contributed by atoms with Crippen molar-refractivity contribution in [3.05, 3.63) is 23.4 Å². The summed E-state index contributed by atoms with van der Waals surface area (Å²) in [6, 6.07) is 3.27. The molecule has 16 heavy (non-hydrogen) atoms. The van der Waals surface area contributed by atoms with Crippen LogP contribution in [0.15, 0.2) is 18.3 Å². The fourth-order valence-electron chi connectivity index (χ4n) is 1.46. The summed E-state index contributed by atoms with van der Waals surface area (Å²) in [5.74, 6) is 0.222. The van der Waals surface area contributed by atoms with Crippen LogP contribution in [0.2, 0.25) is 5.02 Å². The molecule has 1 heterocycles. The Balaban J connectivity index is 2.50. The topological polar surface area (TPSA) is 67.5 Å². The largest absolute Gasteiger partial charge is 0.707 e. The van der Waals surface area contributed by atoms with Crippen LogP contribution in [-0.2, 0) is 6.54 Å². The van der Waals surface area contributed by atoms with Gasteiger partial charge in [0.25, 0.3) is 0 Å². The molecule has 0 aliphatic rings. The average molecular weight is 240 g/mol. The van der Waals surface area contributed by atoms with E-state index in [1.807, 2.05) is 6.92 Å². The van der Waals surface area contributed by atoms with Crippen molar-refractivity contribution in [1.82, 2.24) is 9.78 Å². The first-order valence-electron chi connectivity index (χ1n) is 4.80. The highest BCUT2D eigenvalue weighted by Crippen LogP contribution is 2.32. The molecule has 2 rings (SSSR count). The fraction of sp³-hybridized carbons (Fsp3) is 0.222. The van der Waals surface area contributed by atoms with Crippen LogP contribution in [0, 0.1) is 0 Å². The van der Waals surface area contributed by atoms with E-state index in [-0.39, 0.29) is 5.75 Å². The van der Waals surface area contributed by atoms with Crippen LogP contribution in [-0.4, -0.2) is 27.1 Å². The van der Waals surface area contributed by atoms with E-state index in [1.165, 1.54) is 0 Å². The molecule has 1 aromatic heterocycles. The first kappa shape index (κ1) is 11.3. The molecule has 2 N–H and O–H groups in total. The minimum absolute atomic E-state index is 0.222. The molecule has 0 aliphatic carbocycles. The molecule has 84 valence electrons. The predicted octanol–water partition coefficient (Wildman–Crippen LogP) is 1.06. The van der Waals surface area contributed by atoms with Crippen LogP contribution >= 0.6 is 11.6 Å². The number of hydrogen-bond acceptors (Lipinski definition) is 4. The highest BCUT2D eigenvalue weighted by molar-refractivity contribution is 6.39. The summed E-state index contributed by atoms with van der Waals surface area (Å²) >= 11 is 6.06. The van der Waals surface area contributed by atoms with Gasteiger partial charge in [-0.1, -0.05) is 11.6 Å². The maximum atomic E-state index is 8.71. The molecule has 0 radical (unpaired) electrons. The highest BCUT2D eigenvalue weighted by Gasteiger charge is 2.16. The van der Waals surface area contributed by atoms with Gasteiger partial charge >= 0.3 is 7.32 Å². The molecule has 0 bridgehead atoms. The van der Waals surface area contributed by atoms with Gasteiger partial charge in [-0.2, -0.15) is 5.10 Å². The molecule has 0 unspecified atom stereocenters. The van der Waals surface area contributed by atoms with E-state index in [0.717, 1.165) is 17.4 Å². The zero-order valence-corrected chi connectivity index (χ0v) is 9.35. The maximum Gasteiger partial charge on any atom is 0.707 e. The molecule has 7 heteroatoms. The lowest BCUT2D eigenvalue weighted by molar-refractivity contribution is 0.288. The third kappa shape index (κ3) is 1.99. The van der Waals surface area contributed by atoms with E-state index in [4.69, 9.17) is 26.3 Å². The number of fused-ring (bicyclic) bond motifs is 1. The number of hydrogen-bond donors (Lipinski definition) is 2. The Bertz CT molecular complexity index is 515. The lowest BCUT2D eigenvalue weighted by Crippen LogP contribution is -2.20. The number of aryl methyl sites for hydroxylation is 1. The number of aromatic nitrogens is 2. The molecular formula is C9H10BClN2O3. The van der Waals surface area contributed by atoms with Gasteiger partial charge in [0.2, 0.25) is 0 Å². The minimum atomic E-state index is -1.88. The summed E-state index contributed by atoms with van der Waals surface area (Å²) in [6.45, 7) is 2.71. The molecular weight excluding hydrogens is 230 g/mol. The van der Waals surface area contributed by atoms with Crippen LogP contribution in [0.25, 0.3) is 10.9 Å². The van der Waals surface area contributed by atoms with Crippen molar-refractivity contribution in [2.75, 3.05) is 0 Å². The minimum Gasteiger partial charge on any atom is -0.511 e. The normalized spacial score (nSPS) is 10.8. The molecule has 0 aliphatic heterocycles. The van der Waals surface area contributed by atoms with Crippen molar-refractivity contribution in [2.45, 2.75) is 13.5 Å². The first-order chi connectivity index (χ1) is 7.61. The standard InChI is InChI=1S/C9H10BClN2O3/c1-2-13-5-6-7(12-13)3-4-8(9(6)11)16-10(14)15/h3-5,14-15H,2H2,1H3. The van der Waals surface area contributed by atoms with Crippen LogP contribution in [0.5, 0.6) is 5.75 Å². The maximum absolute atomic E-state index is 8.71. The van der Waals surface area contributed by atoms with Gasteiger partial charge in [0, 0.05) is 18.1 Å². The molecule has 5 nitrogen and oxygen atoms in total. The van der Waals surface area contributed by atoms with Gasteiger partial charge in [-0.25, -0.2) is 0 Å². The van der Waals surface area contributed by atoms with E-state index in [1.54, 1.807) is 23.0 Å². The Morgan fingerprint density at radius 3 is 2.88 bits per heavy atom. The zero-order chi connectivity index (χ0) is 11.7. The van der Waals surface area contributed by atoms with Crippen LogP contribution in [0.1, 0.15) is 6.92 Å². The van der Waals surface area contributed by atoms with Crippen molar-refractivity contribution in [3.63, 3.8) is 0 Å². The van der Waals surface area contributed by atoms with Gasteiger partial charge in [0.1, 0.15) is 5.75 Å². The van der Waals surface area contributed by atoms with Crippen LogP contribution < -0.4 is 4.65 Å². The molecule has 0 atom stereocenters. The Labute approximate surface area is 97.4 Å². The van der Waals surface area contributed by atoms with Gasteiger partial charge in [-0.3, -0.25) is 4.68 Å². The second kappa shape index (κ2) is 4.33. The molecule has 0 fully saturated rings. The van der Waals surface area contributed by atoms with Gasteiger partial charge in [-0.05, 0) is 19.1 Å². The second-order valence-electron chi connectivity index (χ2n) is 3.24. The fourth-order valence-corrected chi connectivity index (χ4v) is 1.71. The van der Waals surface area contributed by atoms with Gasteiger partial charge in [0.15, 0.2) is 0 Å². The summed E-state index contributed by atoms with van der Waals surface area (Å²) < 4.78 is 6.48. The third-order valence-corrected chi connectivity index (χ3v) is 2.58. The summed E-state index contributed by atoms with van der Waals surface area (Å²) in [4.78, 5) is 0. The summed E-state index contributed by atoms with van der Waals surface area (Å²) in [5, 5.41) is 22.7. The first-order valence-corrected chi connectivity index (χ1v) is 5.18. The molecule has 0 saturated carbocycles. The lowest BCUT2D eigenvalue weighted by Gasteiger charge is -2.06. The highest BCUT2D eigenvalue weighted by atomic mass is 35.5. The van der Waals surface area contributed by atoms with Crippen molar-refractivity contribution in [3.8, 4) is 5.75 Å². The molecule has 2 aromatic rings. The third-order valence-electron chi connectivity index (χ3n) is 2.19. The number of benzene rings is 1. The Kier molecular flexibility index (Phi) is 3.04. The van der Waals surface area contributed by atoms with E-state index in [0.29, 0.717) is 5.02 Å². The summed E-state index contributed by atoms with van der Waals surface area (Å²) in [6.07, 6.45) is 1.79. The van der Waals surface area contributed by atoms with Gasteiger partial charge in [0.05, 0.1) is 10.5 Å². The van der Waals surface area contributed by atoms with Gasteiger partial charge in [-0.15, -0.1) is 0 Å². The van der Waals surface area contributed by atoms with E-state index in [2.05, 4.69) is 5.10 Å². The summed E-state index contributed by atoms with van der Waals surface area (Å²) in [7, 11) is -1.88. The Hall–Kier alpha value is -1.24. The van der Waals surface area contributed by atoms with E-state index < -0.39 is 7.32 Å². The number of rotatable bonds is 3. The summed E-state index contributed by atoms with van der Waals surface area (Å²) in [5.41, 5.74) is 0.742. The zero-order valence-electron chi connectivity index (χ0n) is 8.59. The molecule has 0 amide bonds. The predicted molar refractivity (Wildman–Crippen MR) is 61.2 cm³/mol. The van der Waals surface area contributed by atoms with Crippen molar-refractivity contribution in [2.24, 2.45) is 0 Å². The van der Waals surface area contributed by atoms with Crippen molar-refractivity contribution < 1.29 is 14.7 Å². The molecule has 0 spiro atoms. The quantitative estimate of drug-likeness (QED) is 0.787. The monoisotopic (exact) mass is 240 g/mol. The number of nitrogens with zero attached hydrogens (tertiary/aromatic N) is 2. The Morgan fingerprint density at radius 1 is 1.50 bits per heavy atom. The van der Waals surface area contributed by atoms with E-state index in [9.17, 15) is 0 Å². The second-order valence-corrected chi connectivity index (χ2v) is 3.62. The lowest BCUT2D eigenvalue weighted by atomic mass is 10.2. The van der Waals surface area contributed by atoms with Crippen molar-refractivity contribution >= 4 is 29.8 Å². The van der Waals surface area contributed by atoms with Crippen LogP contribution in [0.3, 0.4) is 0 Å². The SMILES string of the molecule is CCn1cc2c(Cl)c(OB(O)O)ccc2n1. The Morgan fingerprint density at radius 2 is 2.25 bits per heavy atom. The molecule has 0 saturated heterocycles. The molecule has 1 aromatic carbocycles. The van der Waals surface area contributed by atoms with Gasteiger partial charge < -0.3 is 14.7 Å². The van der Waals surface area contributed by atoms with E-state index >= 15 is 0 Å². The van der Waals surface area contributed by atoms with Crippen LogP contribution in [0.4, 0.5) is 0 Å².